The van der Waals surface area contributed by atoms with Gasteiger partial charge in [-0.2, -0.15) is 5.26 Å². The number of nitrogens with one attached hydrogen (secondary N) is 2. The van der Waals surface area contributed by atoms with E-state index in [9.17, 15) is 14.0 Å². The normalized spacial score (nSPS) is 10.7. The molecule has 0 aliphatic heterocycles. The first-order chi connectivity index (χ1) is 18.5. The fourth-order valence-electron chi connectivity index (χ4n) is 4.31. The van der Waals surface area contributed by atoms with Crippen LogP contribution in [0.3, 0.4) is 0 Å². The third-order valence-electron chi connectivity index (χ3n) is 6.34. The second kappa shape index (κ2) is 12.5. The average Bonchev–Trinajstić information content (AvgIpc) is 3.35. The number of nitrogens with zero attached hydrogens (tertiary/aromatic N) is 3. The topological polar surface area (TPSA) is 92.2 Å². The number of halogens is 1. The third-order valence-corrected chi connectivity index (χ3v) is 6.34. The molecule has 0 spiro atoms. The van der Waals surface area contributed by atoms with Crippen LogP contribution in [0.25, 0.3) is 10.9 Å². The average molecular weight is 512 g/mol. The molecular weight excluding hydrogens is 481 g/mol. The van der Waals surface area contributed by atoms with E-state index in [2.05, 4.69) is 10.3 Å². The molecule has 4 rings (SSSR count). The maximum Gasteiger partial charge on any atom is 0.322 e. The molecule has 0 fully saturated rings. The van der Waals surface area contributed by atoms with Gasteiger partial charge in [0.25, 0.3) is 0 Å². The number of rotatable bonds is 10. The van der Waals surface area contributed by atoms with Crippen LogP contribution in [0.4, 0.5) is 14.9 Å². The number of nitriles is 1. The van der Waals surface area contributed by atoms with E-state index in [4.69, 9.17) is 5.26 Å². The highest BCUT2D eigenvalue weighted by Gasteiger charge is 2.22. The fraction of sp³-hybridized carbons (Fsp3) is 0.233. The molecule has 38 heavy (non-hydrogen) atoms. The Morgan fingerprint density at radius 2 is 1.71 bits per heavy atom. The van der Waals surface area contributed by atoms with Gasteiger partial charge in [-0.25, -0.2) is 9.18 Å². The van der Waals surface area contributed by atoms with Gasteiger partial charge in [0.15, 0.2) is 0 Å². The number of hydrogen-bond acceptors (Lipinski definition) is 3. The molecule has 8 heteroatoms. The van der Waals surface area contributed by atoms with Gasteiger partial charge in [0.2, 0.25) is 5.91 Å². The van der Waals surface area contributed by atoms with Crippen molar-refractivity contribution in [3.05, 3.63) is 102 Å². The molecule has 0 aliphatic carbocycles. The van der Waals surface area contributed by atoms with Crippen molar-refractivity contribution in [2.24, 2.45) is 0 Å². The smallest absolute Gasteiger partial charge is 0.322 e. The molecular formula is C30H30FN5O2. The predicted octanol–water partition coefficient (Wildman–Crippen LogP) is 5.69. The Morgan fingerprint density at radius 1 is 0.974 bits per heavy atom. The first-order valence-corrected chi connectivity index (χ1v) is 12.6. The van der Waals surface area contributed by atoms with E-state index < -0.39 is 0 Å². The zero-order chi connectivity index (χ0) is 26.9. The number of aromatic nitrogens is 1. The van der Waals surface area contributed by atoms with Gasteiger partial charge in [-0.15, -0.1) is 0 Å². The molecule has 1 aromatic heterocycles. The minimum Gasteiger partial charge on any atom is -0.361 e. The molecule has 7 nitrogen and oxygen atoms in total. The SMILES string of the molecule is CCCN(CC(=O)N(CCc1c[nH]c2ccccc12)Cc1ccc(F)cc1)C(=O)Nc1ccc(C#N)cc1. The number of para-hydroxylation sites is 1. The number of carbonyl (C=O) groups is 2. The molecule has 0 aliphatic rings. The van der Waals surface area contributed by atoms with Gasteiger partial charge in [-0.3, -0.25) is 4.79 Å². The molecule has 3 aromatic carbocycles. The minimum absolute atomic E-state index is 0.0922. The highest BCUT2D eigenvalue weighted by atomic mass is 19.1. The maximum atomic E-state index is 13.5. The van der Waals surface area contributed by atoms with Gasteiger partial charge in [-0.1, -0.05) is 37.3 Å². The summed E-state index contributed by atoms with van der Waals surface area (Å²) >= 11 is 0. The number of urea groups is 1. The van der Waals surface area contributed by atoms with Gasteiger partial charge in [-0.05, 0) is 66.4 Å². The molecule has 3 amide bonds. The zero-order valence-electron chi connectivity index (χ0n) is 21.3. The van der Waals surface area contributed by atoms with Crippen LogP contribution in [-0.2, 0) is 17.8 Å². The summed E-state index contributed by atoms with van der Waals surface area (Å²) in [5.41, 5.74) is 3.98. The van der Waals surface area contributed by atoms with Gasteiger partial charge in [0, 0.05) is 42.4 Å². The fourth-order valence-corrected chi connectivity index (χ4v) is 4.31. The van der Waals surface area contributed by atoms with E-state index >= 15 is 0 Å². The van der Waals surface area contributed by atoms with Crippen molar-refractivity contribution in [3.8, 4) is 6.07 Å². The Hall–Kier alpha value is -4.64. The zero-order valence-corrected chi connectivity index (χ0v) is 21.3. The summed E-state index contributed by atoms with van der Waals surface area (Å²) in [6.07, 6.45) is 3.27. The van der Waals surface area contributed by atoms with Crippen LogP contribution in [0.15, 0.2) is 79.0 Å². The lowest BCUT2D eigenvalue weighted by molar-refractivity contribution is -0.132. The van der Waals surface area contributed by atoms with E-state index in [1.54, 1.807) is 41.3 Å². The second-order valence-corrected chi connectivity index (χ2v) is 9.09. The highest BCUT2D eigenvalue weighted by Crippen LogP contribution is 2.19. The van der Waals surface area contributed by atoms with Gasteiger partial charge >= 0.3 is 6.03 Å². The van der Waals surface area contributed by atoms with Crippen molar-refractivity contribution >= 4 is 28.5 Å². The molecule has 1 heterocycles. The van der Waals surface area contributed by atoms with Crippen LogP contribution < -0.4 is 5.32 Å². The van der Waals surface area contributed by atoms with Crippen molar-refractivity contribution in [2.75, 3.05) is 25.0 Å². The monoisotopic (exact) mass is 511 g/mol. The first kappa shape index (κ1) is 26.4. The van der Waals surface area contributed by atoms with Crippen LogP contribution in [0.5, 0.6) is 0 Å². The molecule has 0 saturated heterocycles. The number of carbonyl (C=O) groups excluding carboxylic acids is 2. The molecule has 2 N–H and O–H groups in total. The van der Waals surface area contributed by atoms with Crippen molar-refractivity contribution in [3.63, 3.8) is 0 Å². The Bertz CT molecular complexity index is 1420. The summed E-state index contributed by atoms with van der Waals surface area (Å²) in [5, 5.41) is 12.9. The van der Waals surface area contributed by atoms with E-state index in [-0.39, 0.29) is 24.3 Å². The van der Waals surface area contributed by atoms with E-state index in [0.717, 1.165) is 22.0 Å². The summed E-state index contributed by atoms with van der Waals surface area (Å²) in [4.78, 5) is 33.1. The molecule has 0 saturated carbocycles. The Morgan fingerprint density at radius 3 is 2.42 bits per heavy atom. The number of aromatic amines is 1. The third kappa shape index (κ3) is 6.77. The van der Waals surface area contributed by atoms with Gasteiger partial charge in [0.1, 0.15) is 12.4 Å². The van der Waals surface area contributed by atoms with E-state index in [0.29, 0.717) is 43.7 Å². The standard InChI is InChI=1S/C30H30FN5O2/c1-2-16-36(30(38)34-26-13-9-22(18-32)10-14-26)21-29(37)35(20-23-7-11-25(31)12-8-23)17-15-24-19-33-28-6-4-3-5-27(24)28/h3-14,19,33H,2,15-17,20-21H2,1H3,(H,34,38). The molecule has 0 atom stereocenters. The lowest BCUT2D eigenvalue weighted by Gasteiger charge is -2.28. The molecule has 0 radical (unpaired) electrons. The summed E-state index contributed by atoms with van der Waals surface area (Å²) in [6, 6.07) is 22.3. The Balaban J connectivity index is 1.49. The molecule has 194 valence electrons. The number of fused-ring (bicyclic) bond motifs is 1. The van der Waals surface area contributed by atoms with Gasteiger partial charge < -0.3 is 20.1 Å². The number of H-pyrrole nitrogens is 1. The number of amides is 3. The van der Waals surface area contributed by atoms with Crippen molar-refractivity contribution in [1.82, 2.24) is 14.8 Å². The molecule has 0 bridgehead atoms. The van der Waals surface area contributed by atoms with E-state index in [1.807, 2.05) is 43.5 Å². The van der Waals surface area contributed by atoms with Crippen LogP contribution >= 0.6 is 0 Å². The second-order valence-electron chi connectivity index (χ2n) is 9.09. The minimum atomic E-state index is -0.386. The summed E-state index contributed by atoms with van der Waals surface area (Å²) < 4.78 is 13.5. The Kier molecular flexibility index (Phi) is 8.73. The summed E-state index contributed by atoms with van der Waals surface area (Å²) in [7, 11) is 0. The molecule has 0 unspecified atom stereocenters. The lowest BCUT2D eigenvalue weighted by atomic mass is 10.1. The largest absolute Gasteiger partial charge is 0.361 e. The van der Waals surface area contributed by atoms with Gasteiger partial charge in [0.05, 0.1) is 11.6 Å². The number of anilines is 1. The lowest BCUT2D eigenvalue weighted by Crippen LogP contribution is -2.45. The van der Waals surface area contributed by atoms with Crippen LogP contribution in [0, 0.1) is 17.1 Å². The van der Waals surface area contributed by atoms with E-state index in [1.165, 1.54) is 17.0 Å². The van der Waals surface area contributed by atoms with Crippen LogP contribution in [0.2, 0.25) is 0 Å². The van der Waals surface area contributed by atoms with Crippen molar-refractivity contribution in [2.45, 2.75) is 26.3 Å². The maximum absolute atomic E-state index is 13.5. The van der Waals surface area contributed by atoms with Crippen molar-refractivity contribution < 1.29 is 14.0 Å². The summed E-state index contributed by atoms with van der Waals surface area (Å²) in [5.74, 6) is -0.531. The van der Waals surface area contributed by atoms with Crippen molar-refractivity contribution in [1.29, 1.82) is 5.26 Å². The molecule has 4 aromatic rings. The van der Waals surface area contributed by atoms with Crippen LogP contribution in [0.1, 0.15) is 30.0 Å². The number of hydrogen-bond donors (Lipinski definition) is 2. The predicted molar refractivity (Wildman–Crippen MR) is 146 cm³/mol. The number of benzene rings is 3. The summed E-state index contributed by atoms with van der Waals surface area (Å²) in [6.45, 7) is 3.00. The van der Waals surface area contributed by atoms with Crippen LogP contribution in [-0.4, -0.2) is 46.4 Å². The Labute approximate surface area is 221 Å². The first-order valence-electron chi connectivity index (χ1n) is 12.6. The quantitative estimate of drug-likeness (QED) is 0.286. The highest BCUT2D eigenvalue weighted by molar-refractivity contribution is 5.92.